The standard InChI is InChI=1S/C17H20N2O2/c1-18-17(21)15-9-7-14(8-10-15)16(12-20)19-11-13-5-3-2-4-6-13/h2-10,16,19-20H,11-12H2,1H3,(H,18,21). The first-order chi connectivity index (χ1) is 10.2. The molecule has 4 heteroatoms. The molecule has 0 aromatic heterocycles. The number of aliphatic hydroxyl groups excluding tert-OH is 1. The Morgan fingerprint density at radius 3 is 2.33 bits per heavy atom. The number of aliphatic hydroxyl groups is 1. The second-order valence-corrected chi connectivity index (χ2v) is 4.80. The highest BCUT2D eigenvalue weighted by molar-refractivity contribution is 5.93. The number of amides is 1. The molecule has 3 N–H and O–H groups in total. The Kier molecular flexibility index (Phi) is 5.49. The Bertz CT molecular complexity index is 567. The smallest absolute Gasteiger partial charge is 0.251 e. The zero-order chi connectivity index (χ0) is 15.1. The minimum absolute atomic E-state index is 0.00611. The van der Waals surface area contributed by atoms with Crippen LogP contribution in [0.2, 0.25) is 0 Å². The maximum Gasteiger partial charge on any atom is 0.251 e. The van der Waals surface area contributed by atoms with Crippen LogP contribution in [0.3, 0.4) is 0 Å². The summed E-state index contributed by atoms with van der Waals surface area (Å²) in [5.74, 6) is -0.112. The van der Waals surface area contributed by atoms with Gasteiger partial charge in [0.15, 0.2) is 0 Å². The van der Waals surface area contributed by atoms with Crippen LogP contribution in [0.5, 0.6) is 0 Å². The van der Waals surface area contributed by atoms with Gasteiger partial charge in [-0.3, -0.25) is 4.79 Å². The van der Waals surface area contributed by atoms with Crippen molar-refractivity contribution in [1.29, 1.82) is 0 Å². The molecule has 21 heavy (non-hydrogen) atoms. The van der Waals surface area contributed by atoms with Crippen molar-refractivity contribution in [3.05, 3.63) is 71.3 Å². The first-order valence-electron chi connectivity index (χ1n) is 6.95. The van der Waals surface area contributed by atoms with E-state index in [9.17, 15) is 9.90 Å². The molecule has 0 aliphatic carbocycles. The number of nitrogens with one attached hydrogen (secondary N) is 2. The predicted octanol–water partition coefficient (Wildman–Crippen LogP) is 1.87. The third-order valence-electron chi connectivity index (χ3n) is 3.38. The molecule has 0 fully saturated rings. The summed E-state index contributed by atoms with van der Waals surface area (Å²) in [7, 11) is 1.61. The monoisotopic (exact) mass is 284 g/mol. The van der Waals surface area contributed by atoms with Crippen molar-refractivity contribution in [1.82, 2.24) is 10.6 Å². The van der Waals surface area contributed by atoms with Gasteiger partial charge in [-0.2, -0.15) is 0 Å². The zero-order valence-electron chi connectivity index (χ0n) is 12.0. The van der Waals surface area contributed by atoms with Gasteiger partial charge >= 0.3 is 0 Å². The molecule has 110 valence electrons. The van der Waals surface area contributed by atoms with Crippen LogP contribution in [0.4, 0.5) is 0 Å². The SMILES string of the molecule is CNC(=O)c1ccc(C(CO)NCc2ccccc2)cc1. The summed E-state index contributed by atoms with van der Waals surface area (Å²) >= 11 is 0. The molecule has 1 unspecified atom stereocenters. The van der Waals surface area contributed by atoms with Crippen LogP contribution >= 0.6 is 0 Å². The Morgan fingerprint density at radius 2 is 1.76 bits per heavy atom. The summed E-state index contributed by atoms with van der Waals surface area (Å²) in [6, 6.07) is 17.1. The summed E-state index contributed by atoms with van der Waals surface area (Å²) in [5, 5.41) is 15.4. The molecule has 0 heterocycles. The fourth-order valence-electron chi connectivity index (χ4n) is 2.14. The van der Waals surface area contributed by atoms with Crippen LogP contribution in [-0.4, -0.2) is 24.7 Å². The molecule has 0 saturated heterocycles. The summed E-state index contributed by atoms with van der Waals surface area (Å²) in [6.07, 6.45) is 0. The fraction of sp³-hybridized carbons (Fsp3) is 0.235. The second-order valence-electron chi connectivity index (χ2n) is 4.80. The average Bonchev–Trinajstić information content (AvgIpc) is 2.56. The van der Waals surface area contributed by atoms with E-state index in [0.29, 0.717) is 12.1 Å². The number of hydrogen-bond donors (Lipinski definition) is 3. The highest BCUT2D eigenvalue weighted by Crippen LogP contribution is 2.14. The summed E-state index contributed by atoms with van der Waals surface area (Å²) in [5.41, 5.74) is 2.74. The van der Waals surface area contributed by atoms with Gasteiger partial charge in [-0.1, -0.05) is 42.5 Å². The number of rotatable bonds is 6. The van der Waals surface area contributed by atoms with Crippen LogP contribution in [-0.2, 0) is 6.54 Å². The van der Waals surface area contributed by atoms with Crippen molar-refractivity contribution in [2.24, 2.45) is 0 Å². The predicted molar refractivity (Wildman–Crippen MR) is 82.9 cm³/mol. The second kappa shape index (κ2) is 7.57. The first kappa shape index (κ1) is 15.2. The molecule has 0 radical (unpaired) electrons. The molecule has 1 amide bonds. The van der Waals surface area contributed by atoms with Gasteiger partial charge in [-0.25, -0.2) is 0 Å². The van der Waals surface area contributed by atoms with E-state index in [0.717, 1.165) is 11.1 Å². The van der Waals surface area contributed by atoms with Gasteiger partial charge in [0.1, 0.15) is 0 Å². The molecule has 0 bridgehead atoms. The summed E-state index contributed by atoms with van der Waals surface area (Å²) in [6.45, 7) is 0.690. The maximum atomic E-state index is 11.5. The van der Waals surface area contributed by atoms with Crippen LogP contribution in [0.25, 0.3) is 0 Å². The van der Waals surface area contributed by atoms with Gasteiger partial charge < -0.3 is 15.7 Å². The van der Waals surface area contributed by atoms with E-state index in [1.54, 1.807) is 19.2 Å². The molecule has 0 saturated carbocycles. The Labute approximate surface area is 124 Å². The van der Waals surface area contributed by atoms with E-state index in [2.05, 4.69) is 10.6 Å². The van der Waals surface area contributed by atoms with Crippen molar-refractivity contribution in [3.8, 4) is 0 Å². The van der Waals surface area contributed by atoms with Crippen molar-refractivity contribution in [3.63, 3.8) is 0 Å². The quantitative estimate of drug-likeness (QED) is 0.759. The minimum Gasteiger partial charge on any atom is -0.394 e. The molecule has 4 nitrogen and oxygen atoms in total. The number of benzene rings is 2. The van der Waals surface area contributed by atoms with Crippen LogP contribution in [0.15, 0.2) is 54.6 Å². The van der Waals surface area contributed by atoms with E-state index in [1.807, 2.05) is 42.5 Å². The number of carbonyl (C=O) groups excluding carboxylic acids is 1. The van der Waals surface area contributed by atoms with E-state index < -0.39 is 0 Å². The Balaban J connectivity index is 2.02. The zero-order valence-corrected chi connectivity index (χ0v) is 12.0. The van der Waals surface area contributed by atoms with Crippen molar-refractivity contribution in [2.75, 3.05) is 13.7 Å². The van der Waals surface area contributed by atoms with Gasteiger partial charge in [0.05, 0.1) is 12.6 Å². The third-order valence-corrected chi connectivity index (χ3v) is 3.38. The highest BCUT2D eigenvalue weighted by atomic mass is 16.3. The molecule has 0 aliphatic heterocycles. The lowest BCUT2D eigenvalue weighted by Gasteiger charge is -2.17. The molecular formula is C17H20N2O2. The van der Waals surface area contributed by atoms with Gasteiger partial charge in [-0.15, -0.1) is 0 Å². The molecule has 0 spiro atoms. The van der Waals surface area contributed by atoms with Crippen LogP contribution in [0.1, 0.15) is 27.5 Å². The normalized spacial score (nSPS) is 11.9. The Hall–Kier alpha value is -2.17. The molecule has 1 atom stereocenters. The summed E-state index contributed by atoms with van der Waals surface area (Å²) in [4.78, 5) is 11.5. The lowest BCUT2D eigenvalue weighted by Crippen LogP contribution is -2.24. The fourth-order valence-corrected chi connectivity index (χ4v) is 2.14. The lowest BCUT2D eigenvalue weighted by atomic mass is 10.0. The minimum atomic E-state index is -0.149. The summed E-state index contributed by atoms with van der Waals surface area (Å²) < 4.78 is 0. The molecule has 2 rings (SSSR count). The van der Waals surface area contributed by atoms with Crippen LogP contribution < -0.4 is 10.6 Å². The molecule has 0 aliphatic rings. The highest BCUT2D eigenvalue weighted by Gasteiger charge is 2.11. The van der Waals surface area contributed by atoms with Crippen molar-refractivity contribution < 1.29 is 9.90 Å². The van der Waals surface area contributed by atoms with Gasteiger partial charge in [0, 0.05) is 19.2 Å². The van der Waals surface area contributed by atoms with E-state index in [1.165, 1.54) is 0 Å². The van der Waals surface area contributed by atoms with Gasteiger partial charge in [0.2, 0.25) is 0 Å². The molecular weight excluding hydrogens is 264 g/mol. The van der Waals surface area contributed by atoms with Crippen molar-refractivity contribution in [2.45, 2.75) is 12.6 Å². The number of hydrogen-bond acceptors (Lipinski definition) is 3. The van der Waals surface area contributed by atoms with Crippen LogP contribution in [0, 0.1) is 0 Å². The maximum absolute atomic E-state index is 11.5. The van der Waals surface area contributed by atoms with E-state index >= 15 is 0 Å². The van der Waals surface area contributed by atoms with E-state index in [4.69, 9.17) is 0 Å². The third kappa shape index (κ3) is 4.15. The topological polar surface area (TPSA) is 61.4 Å². The molecule has 2 aromatic rings. The lowest BCUT2D eigenvalue weighted by molar-refractivity contribution is 0.0963. The molecule has 2 aromatic carbocycles. The van der Waals surface area contributed by atoms with Crippen molar-refractivity contribution >= 4 is 5.91 Å². The van der Waals surface area contributed by atoms with Gasteiger partial charge in [0.25, 0.3) is 5.91 Å². The largest absolute Gasteiger partial charge is 0.394 e. The average molecular weight is 284 g/mol. The first-order valence-corrected chi connectivity index (χ1v) is 6.95. The Morgan fingerprint density at radius 1 is 1.10 bits per heavy atom. The van der Waals surface area contributed by atoms with Gasteiger partial charge in [-0.05, 0) is 23.3 Å². The number of carbonyl (C=O) groups is 1. The van der Waals surface area contributed by atoms with E-state index in [-0.39, 0.29) is 18.6 Å².